The molecule has 0 saturated carbocycles. The van der Waals surface area contributed by atoms with Crippen molar-refractivity contribution in [2.75, 3.05) is 26.7 Å². The van der Waals surface area contributed by atoms with Crippen LogP contribution in [0.4, 0.5) is 4.79 Å². The lowest BCUT2D eigenvalue weighted by Crippen LogP contribution is -2.53. The Balaban J connectivity index is 1.38. The molecule has 2 aromatic rings. The number of methoxy groups -OCH3 is 1. The van der Waals surface area contributed by atoms with Crippen molar-refractivity contribution in [2.45, 2.75) is 58.6 Å². The summed E-state index contributed by atoms with van der Waals surface area (Å²) in [6.45, 7) is 9.75. The third-order valence-corrected chi connectivity index (χ3v) is 7.99. The van der Waals surface area contributed by atoms with E-state index in [2.05, 4.69) is 67.4 Å². The zero-order valence-electron chi connectivity index (χ0n) is 20.3. The molecule has 3 fully saturated rings. The number of benzene rings is 2. The Hall–Kier alpha value is -2.53. The van der Waals surface area contributed by atoms with Crippen LogP contribution in [0.2, 0.25) is 0 Å². The smallest absolute Gasteiger partial charge is 0.407 e. The number of rotatable bonds is 5. The van der Waals surface area contributed by atoms with Gasteiger partial charge in [-0.2, -0.15) is 0 Å². The summed E-state index contributed by atoms with van der Waals surface area (Å²) in [5, 5.41) is 3.22. The van der Waals surface area contributed by atoms with Gasteiger partial charge in [-0.25, -0.2) is 4.79 Å². The second-order valence-electron chi connectivity index (χ2n) is 10.6. The standard InChI is InChI=1S/C28H36N2O3/c1-5-18-6-8-19(9-7-18)22-14-21-16-28(2,3)26(23(21)15-24(22)32-4)29-27(31)33-25-17-30-12-10-20(25)11-13-30/h6-9,14-15,20,25-26H,5,10-13,16-17H2,1-4H3,(H,29,31)/t25-,26?/m0/s1. The van der Waals surface area contributed by atoms with Crippen molar-refractivity contribution in [2.24, 2.45) is 11.3 Å². The fraction of sp³-hybridized carbons (Fsp3) is 0.536. The number of nitrogens with one attached hydrogen (secondary N) is 1. The van der Waals surface area contributed by atoms with Gasteiger partial charge in [-0.05, 0) is 84.5 Å². The molecule has 5 nitrogen and oxygen atoms in total. The minimum atomic E-state index is -0.294. The maximum absolute atomic E-state index is 13.0. The van der Waals surface area contributed by atoms with Gasteiger partial charge >= 0.3 is 6.09 Å². The summed E-state index contributed by atoms with van der Waals surface area (Å²) in [5.41, 5.74) is 5.88. The lowest BCUT2D eigenvalue weighted by atomic mass is 9.85. The third-order valence-electron chi connectivity index (χ3n) is 7.99. The van der Waals surface area contributed by atoms with E-state index in [0.29, 0.717) is 5.92 Å². The van der Waals surface area contributed by atoms with Crippen LogP contribution in [0.25, 0.3) is 11.1 Å². The van der Waals surface area contributed by atoms with E-state index >= 15 is 0 Å². The molecule has 6 rings (SSSR count). The highest BCUT2D eigenvalue weighted by molar-refractivity contribution is 5.74. The number of piperidine rings is 3. The predicted molar refractivity (Wildman–Crippen MR) is 131 cm³/mol. The average molecular weight is 449 g/mol. The Kier molecular flexibility index (Phi) is 5.86. The second-order valence-corrected chi connectivity index (χ2v) is 10.6. The molecule has 0 radical (unpaired) electrons. The van der Waals surface area contributed by atoms with E-state index in [1.807, 2.05) is 0 Å². The summed E-state index contributed by atoms with van der Waals surface area (Å²) in [5.74, 6) is 1.35. The Bertz CT molecular complexity index is 1020. The van der Waals surface area contributed by atoms with Gasteiger partial charge in [0.2, 0.25) is 0 Å². The van der Waals surface area contributed by atoms with Gasteiger partial charge in [0.25, 0.3) is 0 Å². The van der Waals surface area contributed by atoms with Crippen LogP contribution in [-0.2, 0) is 17.6 Å². The van der Waals surface area contributed by atoms with Crippen LogP contribution in [-0.4, -0.2) is 43.8 Å². The molecule has 176 valence electrons. The molecule has 3 heterocycles. The molecular weight excluding hydrogens is 412 g/mol. The minimum absolute atomic E-state index is 0.0134. The average Bonchev–Trinajstić information content (AvgIpc) is 3.07. The normalized spacial score (nSPS) is 27.2. The summed E-state index contributed by atoms with van der Waals surface area (Å²) in [6.07, 6.45) is 3.91. The molecule has 4 aliphatic rings. The first-order valence-corrected chi connectivity index (χ1v) is 12.4. The molecule has 0 spiro atoms. The van der Waals surface area contributed by atoms with Crippen molar-refractivity contribution < 1.29 is 14.3 Å². The van der Waals surface area contributed by atoms with E-state index in [9.17, 15) is 4.79 Å². The van der Waals surface area contributed by atoms with Gasteiger partial charge in [0.15, 0.2) is 0 Å². The van der Waals surface area contributed by atoms with Crippen LogP contribution in [0.3, 0.4) is 0 Å². The first-order chi connectivity index (χ1) is 15.9. The van der Waals surface area contributed by atoms with Crippen LogP contribution >= 0.6 is 0 Å². The van der Waals surface area contributed by atoms with Crippen LogP contribution in [0.15, 0.2) is 36.4 Å². The van der Waals surface area contributed by atoms with E-state index in [1.165, 1.54) is 11.1 Å². The number of hydrogen-bond acceptors (Lipinski definition) is 4. The number of carbonyl (C=O) groups is 1. The maximum Gasteiger partial charge on any atom is 0.407 e. The molecule has 0 aromatic heterocycles. The van der Waals surface area contributed by atoms with E-state index in [-0.39, 0.29) is 23.7 Å². The van der Waals surface area contributed by atoms with E-state index in [0.717, 1.165) is 67.8 Å². The quantitative estimate of drug-likeness (QED) is 0.668. The summed E-state index contributed by atoms with van der Waals surface area (Å²) in [6, 6.07) is 13.0. The highest BCUT2D eigenvalue weighted by Gasteiger charge is 2.42. The molecule has 33 heavy (non-hydrogen) atoms. The van der Waals surface area contributed by atoms with Crippen molar-refractivity contribution in [3.8, 4) is 16.9 Å². The summed E-state index contributed by atoms with van der Waals surface area (Å²) in [7, 11) is 1.72. The Morgan fingerprint density at radius 3 is 2.48 bits per heavy atom. The fourth-order valence-corrected chi connectivity index (χ4v) is 6.00. The van der Waals surface area contributed by atoms with Gasteiger partial charge in [0, 0.05) is 12.1 Å². The molecule has 2 bridgehead atoms. The first-order valence-electron chi connectivity index (χ1n) is 12.4. The van der Waals surface area contributed by atoms with Crippen molar-refractivity contribution in [1.29, 1.82) is 0 Å². The van der Waals surface area contributed by atoms with Gasteiger partial charge in [-0.3, -0.25) is 4.90 Å². The third kappa shape index (κ3) is 4.23. The van der Waals surface area contributed by atoms with Crippen LogP contribution in [0.1, 0.15) is 56.3 Å². The zero-order chi connectivity index (χ0) is 23.2. The van der Waals surface area contributed by atoms with Crippen LogP contribution in [0.5, 0.6) is 5.75 Å². The second kappa shape index (κ2) is 8.68. The summed E-state index contributed by atoms with van der Waals surface area (Å²) < 4.78 is 11.8. The zero-order valence-corrected chi connectivity index (χ0v) is 20.3. The summed E-state index contributed by atoms with van der Waals surface area (Å²) in [4.78, 5) is 15.4. The number of alkyl carbamates (subject to hydrolysis) is 1. The van der Waals surface area contributed by atoms with Crippen molar-refractivity contribution >= 4 is 6.09 Å². The molecule has 5 heteroatoms. The Morgan fingerprint density at radius 2 is 1.88 bits per heavy atom. The van der Waals surface area contributed by atoms with Crippen molar-refractivity contribution in [1.82, 2.24) is 10.2 Å². The Morgan fingerprint density at radius 1 is 1.15 bits per heavy atom. The predicted octanol–water partition coefficient (Wildman–Crippen LogP) is 5.37. The minimum Gasteiger partial charge on any atom is -0.496 e. The molecule has 3 aliphatic heterocycles. The van der Waals surface area contributed by atoms with Crippen molar-refractivity contribution in [3.05, 3.63) is 53.1 Å². The van der Waals surface area contributed by atoms with E-state index in [4.69, 9.17) is 9.47 Å². The van der Waals surface area contributed by atoms with Gasteiger partial charge in [0.1, 0.15) is 11.9 Å². The number of fused-ring (bicyclic) bond motifs is 4. The van der Waals surface area contributed by atoms with Gasteiger partial charge in [-0.15, -0.1) is 0 Å². The first kappa shape index (κ1) is 22.3. The fourth-order valence-electron chi connectivity index (χ4n) is 6.00. The number of amides is 1. The van der Waals surface area contributed by atoms with Crippen LogP contribution in [0, 0.1) is 11.3 Å². The number of aryl methyl sites for hydroxylation is 1. The Labute approximate surface area is 197 Å². The molecular formula is C28H36N2O3. The van der Waals surface area contributed by atoms with Gasteiger partial charge < -0.3 is 14.8 Å². The SMILES string of the molecule is CCc1ccc(-c2cc3c(cc2OC)C(NC(=O)O[C@H]2CN4CCC2CC4)C(C)(C)C3)cc1. The number of nitrogens with zero attached hydrogens (tertiary/aromatic N) is 1. The van der Waals surface area contributed by atoms with E-state index in [1.54, 1.807) is 7.11 Å². The molecule has 1 N–H and O–H groups in total. The molecule has 3 saturated heterocycles. The number of carbonyl (C=O) groups excluding carboxylic acids is 1. The van der Waals surface area contributed by atoms with Crippen LogP contribution < -0.4 is 10.1 Å². The lowest BCUT2D eigenvalue weighted by molar-refractivity contribution is -0.0349. The number of ether oxygens (including phenoxy) is 2. The van der Waals surface area contributed by atoms with Gasteiger partial charge in [-0.1, -0.05) is 45.0 Å². The molecule has 2 aromatic carbocycles. The topological polar surface area (TPSA) is 50.8 Å². The van der Waals surface area contributed by atoms with Gasteiger partial charge in [0.05, 0.1) is 13.2 Å². The molecule has 1 amide bonds. The monoisotopic (exact) mass is 448 g/mol. The lowest BCUT2D eigenvalue weighted by Gasteiger charge is -2.44. The maximum atomic E-state index is 13.0. The molecule has 1 unspecified atom stereocenters. The largest absolute Gasteiger partial charge is 0.496 e. The van der Waals surface area contributed by atoms with Crippen molar-refractivity contribution in [3.63, 3.8) is 0 Å². The highest BCUT2D eigenvalue weighted by atomic mass is 16.6. The number of hydrogen-bond donors (Lipinski definition) is 1. The summed E-state index contributed by atoms with van der Waals surface area (Å²) >= 11 is 0. The molecule has 2 atom stereocenters. The van der Waals surface area contributed by atoms with E-state index < -0.39 is 0 Å². The molecule has 1 aliphatic carbocycles. The highest BCUT2D eigenvalue weighted by Crippen LogP contribution is 2.48.